The summed E-state index contributed by atoms with van der Waals surface area (Å²) in [4.78, 5) is 18.7. The third-order valence-corrected chi connectivity index (χ3v) is 4.30. The van der Waals surface area contributed by atoms with Gasteiger partial charge in [-0.15, -0.1) is 0 Å². The topological polar surface area (TPSA) is 77.0 Å². The van der Waals surface area contributed by atoms with Gasteiger partial charge in [-0.25, -0.2) is 0 Å². The van der Waals surface area contributed by atoms with E-state index < -0.39 is 0 Å². The zero-order chi connectivity index (χ0) is 16.5. The van der Waals surface area contributed by atoms with Crippen molar-refractivity contribution in [2.24, 2.45) is 7.05 Å². The third kappa shape index (κ3) is 2.58. The van der Waals surface area contributed by atoms with E-state index in [9.17, 15) is 4.79 Å². The van der Waals surface area contributed by atoms with Crippen molar-refractivity contribution in [3.05, 3.63) is 54.2 Å². The molecule has 1 atom stereocenters. The first-order valence-electron chi connectivity index (χ1n) is 7.89. The standard InChI is InChI=1S/C17H17N5O2/c1-21-11-13(10-19-21)15-5-3-7-22(15)17(23)14-8-16(24-20-14)12-4-2-6-18-9-12/h2,4,6,8-11,15H,3,5,7H2,1H3. The van der Waals surface area contributed by atoms with Gasteiger partial charge in [-0.2, -0.15) is 5.10 Å². The molecule has 122 valence electrons. The zero-order valence-electron chi connectivity index (χ0n) is 13.3. The van der Waals surface area contributed by atoms with Gasteiger partial charge in [0.1, 0.15) is 0 Å². The molecule has 24 heavy (non-hydrogen) atoms. The Bertz CT molecular complexity index is 855. The molecule has 4 rings (SSSR count). The van der Waals surface area contributed by atoms with Crippen LogP contribution in [0.3, 0.4) is 0 Å². The van der Waals surface area contributed by atoms with Gasteiger partial charge in [-0.3, -0.25) is 14.5 Å². The van der Waals surface area contributed by atoms with Gasteiger partial charge in [0.15, 0.2) is 11.5 Å². The minimum Gasteiger partial charge on any atom is -0.355 e. The van der Waals surface area contributed by atoms with Crippen LogP contribution in [0.2, 0.25) is 0 Å². The van der Waals surface area contributed by atoms with Crippen LogP contribution in [-0.4, -0.2) is 37.3 Å². The molecule has 7 nitrogen and oxygen atoms in total. The van der Waals surface area contributed by atoms with Crippen molar-refractivity contribution < 1.29 is 9.32 Å². The van der Waals surface area contributed by atoms with Crippen LogP contribution in [0.5, 0.6) is 0 Å². The van der Waals surface area contributed by atoms with Crippen LogP contribution in [0.25, 0.3) is 11.3 Å². The number of amides is 1. The Hall–Kier alpha value is -2.96. The van der Waals surface area contributed by atoms with Crippen molar-refractivity contribution in [2.75, 3.05) is 6.54 Å². The van der Waals surface area contributed by atoms with Crippen LogP contribution in [-0.2, 0) is 7.05 Å². The highest BCUT2D eigenvalue weighted by Gasteiger charge is 2.32. The SMILES string of the molecule is Cn1cc(C2CCCN2C(=O)c2cc(-c3cccnc3)on2)cn1. The minimum absolute atomic E-state index is 0.0461. The lowest BCUT2D eigenvalue weighted by Gasteiger charge is -2.22. The molecule has 0 aromatic carbocycles. The summed E-state index contributed by atoms with van der Waals surface area (Å²) in [6.45, 7) is 0.716. The van der Waals surface area contributed by atoms with E-state index in [0.717, 1.165) is 24.0 Å². The predicted octanol–water partition coefficient (Wildman–Crippen LogP) is 2.45. The first-order chi connectivity index (χ1) is 11.7. The highest BCUT2D eigenvalue weighted by atomic mass is 16.5. The van der Waals surface area contributed by atoms with Crippen LogP contribution in [0, 0.1) is 0 Å². The number of likely N-dealkylation sites (tertiary alicyclic amines) is 1. The Balaban J connectivity index is 1.58. The van der Waals surface area contributed by atoms with E-state index in [4.69, 9.17) is 4.52 Å². The highest BCUT2D eigenvalue weighted by molar-refractivity contribution is 5.93. The van der Waals surface area contributed by atoms with Crippen LogP contribution >= 0.6 is 0 Å². The lowest BCUT2D eigenvalue weighted by molar-refractivity contribution is 0.0725. The minimum atomic E-state index is -0.111. The molecule has 7 heteroatoms. The summed E-state index contributed by atoms with van der Waals surface area (Å²) >= 11 is 0. The Labute approximate surface area is 138 Å². The summed E-state index contributed by atoms with van der Waals surface area (Å²) in [6.07, 6.45) is 9.06. The quantitative estimate of drug-likeness (QED) is 0.740. The molecule has 3 aromatic rings. The van der Waals surface area contributed by atoms with Crippen LogP contribution in [0.15, 0.2) is 47.5 Å². The molecule has 0 radical (unpaired) electrons. The van der Waals surface area contributed by atoms with Gasteiger partial charge < -0.3 is 9.42 Å². The van der Waals surface area contributed by atoms with Crippen LogP contribution in [0.1, 0.15) is 34.9 Å². The van der Waals surface area contributed by atoms with Crippen LogP contribution in [0.4, 0.5) is 0 Å². The lowest BCUT2D eigenvalue weighted by atomic mass is 10.1. The van der Waals surface area contributed by atoms with E-state index in [2.05, 4.69) is 15.2 Å². The average Bonchev–Trinajstić information content (AvgIpc) is 3.35. The number of hydrogen-bond acceptors (Lipinski definition) is 5. The van der Waals surface area contributed by atoms with E-state index in [1.54, 1.807) is 23.1 Å². The molecule has 1 fully saturated rings. The fourth-order valence-corrected chi connectivity index (χ4v) is 3.14. The number of nitrogens with zero attached hydrogens (tertiary/aromatic N) is 5. The highest BCUT2D eigenvalue weighted by Crippen LogP contribution is 2.33. The molecule has 4 heterocycles. The van der Waals surface area contributed by atoms with E-state index in [1.807, 2.05) is 36.5 Å². The molecular formula is C17H17N5O2. The largest absolute Gasteiger partial charge is 0.355 e. The molecule has 1 unspecified atom stereocenters. The maximum absolute atomic E-state index is 12.8. The number of pyridine rings is 1. The number of aromatic nitrogens is 4. The first-order valence-corrected chi connectivity index (χ1v) is 7.89. The number of hydrogen-bond donors (Lipinski definition) is 0. The predicted molar refractivity (Wildman–Crippen MR) is 86.0 cm³/mol. The summed E-state index contributed by atoms with van der Waals surface area (Å²) < 4.78 is 7.08. The molecule has 0 bridgehead atoms. The van der Waals surface area contributed by atoms with E-state index >= 15 is 0 Å². The number of rotatable bonds is 3. The molecule has 1 aliphatic rings. The number of carbonyl (C=O) groups is 1. The Kier molecular flexibility index (Phi) is 3.60. The second-order valence-corrected chi connectivity index (χ2v) is 5.92. The van der Waals surface area contributed by atoms with Crippen molar-refractivity contribution in [1.82, 2.24) is 24.8 Å². The summed E-state index contributed by atoms with van der Waals surface area (Å²) in [6, 6.07) is 5.41. The van der Waals surface area contributed by atoms with Crippen molar-refractivity contribution in [2.45, 2.75) is 18.9 Å². The smallest absolute Gasteiger partial charge is 0.276 e. The Morgan fingerprint density at radius 2 is 2.29 bits per heavy atom. The van der Waals surface area contributed by atoms with Crippen LogP contribution < -0.4 is 0 Å². The fraction of sp³-hybridized carbons (Fsp3) is 0.294. The molecule has 0 saturated carbocycles. The number of aryl methyl sites for hydroxylation is 1. The fourth-order valence-electron chi connectivity index (χ4n) is 3.14. The van der Waals surface area contributed by atoms with Gasteiger partial charge in [0, 0.05) is 49.4 Å². The summed E-state index contributed by atoms with van der Waals surface area (Å²) in [5, 5.41) is 8.16. The molecule has 1 aliphatic heterocycles. The second-order valence-electron chi connectivity index (χ2n) is 5.92. The molecule has 3 aromatic heterocycles. The molecule has 0 N–H and O–H groups in total. The van der Waals surface area contributed by atoms with Gasteiger partial charge >= 0.3 is 0 Å². The summed E-state index contributed by atoms with van der Waals surface area (Å²) in [5.74, 6) is 0.434. The first kappa shape index (κ1) is 14.6. The van der Waals surface area contributed by atoms with Crippen molar-refractivity contribution in [3.8, 4) is 11.3 Å². The normalized spacial score (nSPS) is 17.4. The van der Waals surface area contributed by atoms with E-state index in [-0.39, 0.29) is 11.9 Å². The molecule has 0 aliphatic carbocycles. The summed E-state index contributed by atoms with van der Waals surface area (Å²) in [5.41, 5.74) is 2.18. The maximum Gasteiger partial charge on any atom is 0.276 e. The van der Waals surface area contributed by atoms with Gasteiger partial charge in [0.25, 0.3) is 5.91 Å². The Morgan fingerprint density at radius 3 is 3.04 bits per heavy atom. The van der Waals surface area contributed by atoms with Gasteiger partial charge in [0.05, 0.1) is 12.2 Å². The maximum atomic E-state index is 12.8. The van der Waals surface area contributed by atoms with Gasteiger partial charge in [-0.05, 0) is 25.0 Å². The van der Waals surface area contributed by atoms with Gasteiger partial charge in [0.2, 0.25) is 0 Å². The van der Waals surface area contributed by atoms with E-state index in [0.29, 0.717) is 18.0 Å². The van der Waals surface area contributed by atoms with Crippen molar-refractivity contribution in [3.63, 3.8) is 0 Å². The monoisotopic (exact) mass is 323 g/mol. The molecule has 0 spiro atoms. The van der Waals surface area contributed by atoms with Crippen molar-refractivity contribution >= 4 is 5.91 Å². The lowest BCUT2D eigenvalue weighted by Crippen LogP contribution is -2.30. The zero-order valence-corrected chi connectivity index (χ0v) is 13.3. The molecular weight excluding hydrogens is 306 g/mol. The van der Waals surface area contributed by atoms with Crippen molar-refractivity contribution in [1.29, 1.82) is 0 Å². The second kappa shape index (κ2) is 5.92. The molecule has 1 saturated heterocycles. The molecule has 1 amide bonds. The summed E-state index contributed by atoms with van der Waals surface area (Å²) in [7, 11) is 1.88. The number of carbonyl (C=O) groups excluding carboxylic acids is 1. The van der Waals surface area contributed by atoms with Gasteiger partial charge in [-0.1, -0.05) is 5.16 Å². The third-order valence-electron chi connectivity index (χ3n) is 4.30. The average molecular weight is 323 g/mol. The van der Waals surface area contributed by atoms with E-state index in [1.165, 1.54) is 0 Å². The Morgan fingerprint density at radius 1 is 1.38 bits per heavy atom.